The average Bonchev–Trinajstić information content (AvgIpc) is 2.54. The third-order valence-electron chi connectivity index (χ3n) is 4.08. The molecule has 0 bridgehead atoms. The van der Waals surface area contributed by atoms with Crippen molar-refractivity contribution in [3.8, 4) is 5.88 Å². The third-order valence-corrected chi connectivity index (χ3v) is 4.08. The van der Waals surface area contributed by atoms with Gasteiger partial charge in [0.15, 0.2) is 0 Å². The standard InChI is InChI=1S/C17H23NO3/c1-4-21-17(19)12(2)13-6-5-7-14(10-13)15-8-9-16(20-3)18-11-15/h8-9,11,14H,4-7,10H2,1-3H3/b13-12+/t14-/m1/s1. The van der Waals surface area contributed by atoms with E-state index < -0.39 is 0 Å². The molecule has 1 heterocycles. The number of methoxy groups -OCH3 is 1. The summed E-state index contributed by atoms with van der Waals surface area (Å²) >= 11 is 0. The average molecular weight is 289 g/mol. The van der Waals surface area contributed by atoms with Crippen molar-refractivity contribution in [2.45, 2.75) is 45.4 Å². The Balaban J connectivity index is 2.12. The molecule has 1 fully saturated rings. The molecule has 1 aliphatic carbocycles. The molecular weight excluding hydrogens is 266 g/mol. The topological polar surface area (TPSA) is 48.4 Å². The Morgan fingerprint density at radius 1 is 1.43 bits per heavy atom. The van der Waals surface area contributed by atoms with Crippen LogP contribution >= 0.6 is 0 Å². The highest BCUT2D eigenvalue weighted by Gasteiger charge is 2.22. The Hall–Kier alpha value is -1.84. The normalized spacial score (nSPS) is 20.8. The number of pyridine rings is 1. The lowest BCUT2D eigenvalue weighted by atomic mass is 9.80. The lowest BCUT2D eigenvalue weighted by Gasteiger charge is -2.25. The van der Waals surface area contributed by atoms with Gasteiger partial charge in [-0.2, -0.15) is 0 Å². The van der Waals surface area contributed by atoms with Gasteiger partial charge < -0.3 is 9.47 Å². The van der Waals surface area contributed by atoms with Gasteiger partial charge in [0.1, 0.15) is 0 Å². The van der Waals surface area contributed by atoms with Crippen molar-refractivity contribution >= 4 is 5.97 Å². The van der Waals surface area contributed by atoms with Crippen LogP contribution in [0, 0.1) is 0 Å². The predicted molar refractivity (Wildman–Crippen MR) is 81.3 cm³/mol. The van der Waals surface area contributed by atoms with Crippen molar-refractivity contribution < 1.29 is 14.3 Å². The van der Waals surface area contributed by atoms with Gasteiger partial charge in [-0.05, 0) is 51.0 Å². The highest BCUT2D eigenvalue weighted by Crippen LogP contribution is 2.37. The summed E-state index contributed by atoms with van der Waals surface area (Å²) in [6.07, 6.45) is 6.02. The number of ether oxygens (including phenoxy) is 2. The summed E-state index contributed by atoms with van der Waals surface area (Å²) in [7, 11) is 1.62. The first-order valence-electron chi connectivity index (χ1n) is 7.51. The van der Waals surface area contributed by atoms with Crippen molar-refractivity contribution in [3.05, 3.63) is 35.0 Å². The molecule has 0 N–H and O–H groups in total. The third kappa shape index (κ3) is 3.84. The fraction of sp³-hybridized carbons (Fsp3) is 0.529. The van der Waals surface area contributed by atoms with Crippen LogP contribution in [0.2, 0.25) is 0 Å². The molecule has 4 heteroatoms. The van der Waals surface area contributed by atoms with Crippen LogP contribution in [0.15, 0.2) is 29.5 Å². The summed E-state index contributed by atoms with van der Waals surface area (Å²) in [6.45, 7) is 4.14. The van der Waals surface area contributed by atoms with Crippen molar-refractivity contribution in [1.82, 2.24) is 4.98 Å². The molecule has 0 amide bonds. The highest BCUT2D eigenvalue weighted by molar-refractivity contribution is 5.88. The van der Waals surface area contributed by atoms with Crippen molar-refractivity contribution in [2.75, 3.05) is 13.7 Å². The van der Waals surface area contributed by atoms with E-state index in [-0.39, 0.29) is 5.97 Å². The summed E-state index contributed by atoms with van der Waals surface area (Å²) in [5.41, 5.74) is 3.22. The number of nitrogens with zero attached hydrogens (tertiary/aromatic N) is 1. The molecule has 0 saturated heterocycles. The molecule has 1 aliphatic rings. The van der Waals surface area contributed by atoms with Crippen LogP contribution in [0.5, 0.6) is 5.88 Å². The van der Waals surface area contributed by atoms with E-state index in [1.54, 1.807) is 7.11 Å². The Morgan fingerprint density at radius 2 is 2.24 bits per heavy atom. The molecule has 0 aliphatic heterocycles. The molecule has 1 saturated carbocycles. The van der Waals surface area contributed by atoms with Gasteiger partial charge in [-0.15, -0.1) is 0 Å². The quantitative estimate of drug-likeness (QED) is 0.627. The van der Waals surface area contributed by atoms with Gasteiger partial charge in [0.2, 0.25) is 5.88 Å². The van der Waals surface area contributed by atoms with Gasteiger partial charge >= 0.3 is 5.97 Å². The fourth-order valence-corrected chi connectivity index (χ4v) is 2.83. The number of carbonyl (C=O) groups excluding carboxylic acids is 1. The zero-order valence-corrected chi connectivity index (χ0v) is 13.0. The molecular formula is C17H23NO3. The lowest BCUT2D eigenvalue weighted by Crippen LogP contribution is -2.13. The molecule has 0 spiro atoms. The van der Waals surface area contributed by atoms with Crippen LogP contribution in [-0.4, -0.2) is 24.7 Å². The lowest BCUT2D eigenvalue weighted by molar-refractivity contribution is -0.138. The summed E-state index contributed by atoms with van der Waals surface area (Å²) in [4.78, 5) is 16.1. The maximum Gasteiger partial charge on any atom is 0.333 e. The van der Waals surface area contributed by atoms with Gasteiger partial charge in [-0.25, -0.2) is 9.78 Å². The molecule has 1 aromatic rings. The number of aromatic nitrogens is 1. The van der Waals surface area contributed by atoms with Gasteiger partial charge in [0, 0.05) is 17.8 Å². The molecule has 114 valence electrons. The van der Waals surface area contributed by atoms with E-state index in [2.05, 4.69) is 11.1 Å². The molecule has 1 atom stereocenters. The molecule has 0 unspecified atom stereocenters. The Labute approximate surface area is 126 Å². The van der Waals surface area contributed by atoms with Gasteiger partial charge in [0.25, 0.3) is 0 Å². The van der Waals surface area contributed by atoms with Crippen LogP contribution in [-0.2, 0) is 9.53 Å². The molecule has 0 aromatic carbocycles. The first-order valence-corrected chi connectivity index (χ1v) is 7.51. The van der Waals surface area contributed by atoms with Gasteiger partial charge in [0.05, 0.1) is 13.7 Å². The summed E-state index contributed by atoms with van der Waals surface area (Å²) in [5.74, 6) is 0.880. The SMILES string of the molecule is CCOC(=O)/C(C)=C1\CCC[C@@H](c2ccc(OC)nc2)C1. The molecule has 0 radical (unpaired) electrons. The molecule has 4 nitrogen and oxygen atoms in total. The second-order valence-corrected chi connectivity index (χ2v) is 5.38. The van der Waals surface area contributed by atoms with Crippen molar-refractivity contribution in [2.24, 2.45) is 0 Å². The number of carbonyl (C=O) groups is 1. The molecule has 1 aromatic heterocycles. The fourth-order valence-electron chi connectivity index (χ4n) is 2.83. The second kappa shape index (κ2) is 7.25. The van der Waals surface area contributed by atoms with E-state index >= 15 is 0 Å². The van der Waals surface area contributed by atoms with E-state index in [9.17, 15) is 4.79 Å². The van der Waals surface area contributed by atoms with Crippen molar-refractivity contribution in [3.63, 3.8) is 0 Å². The summed E-state index contributed by atoms with van der Waals surface area (Å²) in [5, 5.41) is 0. The Kier molecular flexibility index (Phi) is 5.37. The zero-order valence-electron chi connectivity index (χ0n) is 13.0. The number of hydrogen-bond acceptors (Lipinski definition) is 4. The summed E-state index contributed by atoms with van der Waals surface area (Å²) < 4.78 is 10.2. The van der Waals surface area contributed by atoms with Gasteiger partial charge in [-0.3, -0.25) is 0 Å². The van der Waals surface area contributed by atoms with E-state index in [1.165, 1.54) is 11.1 Å². The largest absolute Gasteiger partial charge is 0.481 e. The summed E-state index contributed by atoms with van der Waals surface area (Å²) in [6, 6.07) is 3.96. The van der Waals surface area contributed by atoms with E-state index in [4.69, 9.17) is 9.47 Å². The molecule has 21 heavy (non-hydrogen) atoms. The molecule has 2 rings (SSSR count). The number of hydrogen-bond donors (Lipinski definition) is 0. The number of allylic oxidation sites excluding steroid dienone is 1. The minimum absolute atomic E-state index is 0.180. The first kappa shape index (κ1) is 15.5. The second-order valence-electron chi connectivity index (χ2n) is 5.38. The zero-order chi connectivity index (χ0) is 15.2. The van der Waals surface area contributed by atoms with E-state index in [0.29, 0.717) is 18.4 Å². The van der Waals surface area contributed by atoms with E-state index in [1.807, 2.05) is 26.1 Å². The maximum absolute atomic E-state index is 11.9. The van der Waals surface area contributed by atoms with Crippen LogP contribution < -0.4 is 4.74 Å². The minimum Gasteiger partial charge on any atom is -0.481 e. The Bertz CT molecular complexity index is 519. The highest BCUT2D eigenvalue weighted by atomic mass is 16.5. The smallest absolute Gasteiger partial charge is 0.333 e. The maximum atomic E-state index is 11.9. The minimum atomic E-state index is -0.180. The number of rotatable bonds is 4. The van der Waals surface area contributed by atoms with E-state index in [0.717, 1.165) is 31.3 Å². The first-order chi connectivity index (χ1) is 10.2. The number of esters is 1. The Morgan fingerprint density at radius 3 is 2.86 bits per heavy atom. The van der Waals surface area contributed by atoms with Crippen LogP contribution in [0.3, 0.4) is 0 Å². The van der Waals surface area contributed by atoms with Crippen LogP contribution in [0.1, 0.15) is 51.0 Å². The van der Waals surface area contributed by atoms with Crippen LogP contribution in [0.25, 0.3) is 0 Å². The monoisotopic (exact) mass is 289 g/mol. The predicted octanol–water partition coefficient (Wildman–Crippen LogP) is 3.63. The van der Waals surface area contributed by atoms with Gasteiger partial charge in [-0.1, -0.05) is 11.6 Å². The van der Waals surface area contributed by atoms with Crippen LogP contribution in [0.4, 0.5) is 0 Å². The van der Waals surface area contributed by atoms with Crippen molar-refractivity contribution in [1.29, 1.82) is 0 Å².